The Morgan fingerprint density at radius 3 is 2.04 bits per heavy atom. The standard InChI is InChI=1S/C19H24N2O3S/c1-13-11-14(2)17(15(3)12-13)20-19(22)18(21(4)25(5,23)24)16-9-7-6-8-10-16/h6-12,18H,1-5H3,(H,20,22). The van der Waals surface area contributed by atoms with Crippen molar-refractivity contribution >= 4 is 21.6 Å². The fraction of sp³-hybridized carbons (Fsp3) is 0.316. The van der Waals surface area contributed by atoms with E-state index in [0.717, 1.165) is 32.9 Å². The highest BCUT2D eigenvalue weighted by atomic mass is 32.2. The van der Waals surface area contributed by atoms with Gasteiger partial charge in [-0.15, -0.1) is 0 Å². The van der Waals surface area contributed by atoms with Crippen molar-refractivity contribution < 1.29 is 13.2 Å². The van der Waals surface area contributed by atoms with Gasteiger partial charge in [-0.1, -0.05) is 48.0 Å². The number of sulfonamides is 1. The number of carbonyl (C=O) groups excluding carboxylic acids is 1. The molecule has 1 unspecified atom stereocenters. The normalized spacial score (nSPS) is 12.9. The minimum atomic E-state index is -3.54. The number of amides is 1. The number of hydrogen-bond acceptors (Lipinski definition) is 3. The molecule has 0 saturated carbocycles. The summed E-state index contributed by atoms with van der Waals surface area (Å²) < 4.78 is 25.1. The maximum absolute atomic E-state index is 13.0. The largest absolute Gasteiger partial charge is 0.324 e. The van der Waals surface area contributed by atoms with E-state index in [0.29, 0.717) is 5.56 Å². The molecular formula is C19H24N2O3S. The number of aryl methyl sites for hydroxylation is 3. The first-order chi connectivity index (χ1) is 11.6. The Morgan fingerprint density at radius 1 is 1.04 bits per heavy atom. The maximum atomic E-state index is 13.0. The smallest absolute Gasteiger partial charge is 0.247 e. The Bertz CT molecular complexity index is 854. The Balaban J connectivity index is 2.44. The summed E-state index contributed by atoms with van der Waals surface area (Å²) in [6, 6.07) is 11.9. The van der Waals surface area contributed by atoms with E-state index in [-0.39, 0.29) is 5.91 Å². The summed E-state index contributed by atoms with van der Waals surface area (Å²) in [6.45, 7) is 5.84. The Labute approximate surface area is 149 Å². The second kappa shape index (κ2) is 7.37. The topological polar surface area (TPSA) is 66.5 Å². The third-order valence-corrected chi connectivity index (χ3v) is 5.43. The minimum Gasteiger partial charge on any atom is -0.324 e. The van der Waals surface area contributed by atoms with E-state index in [1.165, 1.54) is 7.05 Å². The van der Waals surface area contributed by atoms with Crippen LogP contribution in [0, 0.1) is 20.8 Å². The quantitative estimate of drug-likeness (QED) is 0.890. The molecule has 0 heterocycles. The lowest BCUT2D eigenvalue weighted by atomic mass is 10.0. The molecule has 2 aromatic rings. The zero-order valence-corrected chi connectivity index (χ0v) is 16.0. The van der Waals surface area contributed by atoms with Crippen LogP contribution in [0.1, 0.15) is 28.3 Å². The molecular weight excluding hydrogens is 336 g/mol. The Hall–Kier alpha value is -2.18. The number of likely N-dealkylation sites (N-methyl/N-ethyl adjacent to an activating group) is 1. The minimum absolute atomic E-state index is 0.380. The van der Waals surface area contributed by atoms with E-state index in [1.807, 2.05) is 39.0 Å². The van der Waals surface area contributed by atoms with Gasteiger partial charge in [0.2, 0.25) is 15.9 Å². The summed E-state index contributed by atoms with van der Waals surface area (Å²) >= 11 is 0. The molecule has 0 radical (unpaired) electrons. The van der Waals surface area contributed by atoms with E-state index in [9.17, 15) is 13.2 Å². The summed E-state index contributed by atoms with van der Waals surface area (Å²) in [4.78, 5) is 13.0. The van der Waals surface area contributed by atoms with Gasteiger partial charge in [-0.2, -0.15) is 4.31 Å². The molecule has 2 aromatic carbocycles. The fourth-order valence-electron chi connectivity index (χ4n) is 2.92. The van der Waals surface area contributed by atoms with Crippen LogP contribution in [0.25, 0.3) is 0 Å². The first-order valence-electron chi connectivity index (χ1n) is 7.98. The third kappa shape index (κ3) is 4.46. The Morgan fingerprint density at radius 2 is 1.56 bits per heavy atom. The van der Waals surface area contributed by atoms with Crippen LogP contribution in [0.15, 0.2) is 42.5 Å². The molecule has 0 aromatic heterocycles. The molecule has 0 fully saturated rings. The lowest BCUT2D eigenvalue weighted by molar-refractivity contribution is -0.119. The molecule has 0 spiro atoms. The van der Waals surface area contributed by atoms with E-state index in [1.54, 1.807) is 24.3 Å². The Kier molecular flexibility index (Phi) is 5.65. The number of nitrogens with zero attached hydrogens (tertiary/aromatic N) is 1. The van der Waals surface area contributed by atoms with Crippen LogP contribution < -0.4 is 5.32 Å². The second-order valence-corrected chi connectivity index (χ2v) is 8.40. The molecule has 1 amide bonds. The zero-order chi connectivity index (χ0) is 18.8. The van der Waals surface area contributed by atoms with Crippen molar-refractivity contribution in [2.75, 3.05) is 18.6 Å². The number of nitrogens with one attached hydrogen (secondary N) is 1. The van der Waals surface area contributed by atoms with E-state index >= 15 is 0 Å². The monoisotopic (exact) mass is 360 g/mol. The van der Waals surface area contributed by atoms with Crippen LogP contribution in [0.3, 0.4) is 0 Å². The highest BCUT2D eigenvalue weighted by molar-refractivity contribution is 7.88. The molecule has 0 aliphatic rings. The summed E-state index contributed by atoms with van der Waals surface area (Å²) in [7, 11) is -2.12. The third-order valence-electron chi connectivity index (χ3n) is 4.18. The van der Waals surface area contributed by atoms with Crippen molar-refractivity contribution in [2.45, 2.75) is 26.8 Å². The van der Waals surface area contributed by atoms with Crippen molar-refractivity contribution in [1.82, 2.24) is 4.31 Å². The van der Waals surface area contributed by atoms with Crippen LogP contribution in [-0.4, -0.2) is 31.9 Å². The SMILES string of the molecule is Cc1cc(C)c(NC(=O)C(c2ccccc2)N(C)S(C)(=O)=O)c(C)c1. The molecule has 0 aliphatic carbocycles. The van der Waals surface area contributed by atoms with E-state index < -0.39 is 16.1 Å². The van der Waals surface area contributed by atoms with Crippen LogP contribution in [0.2, 0.25) is 0 Å². The summed E-state index contributed by atoms with van der Waals surface area (Å²) in [5, 5.41) is 2.91. The molecule has 134 valence electrons. The first-order valence-corrected chi connectivity index (χ1v) is 9.82. The molecule has 6 heteroatoms. The van der Waals surface area contributed by atoms with E-state index in [2.05, 4.69) is 5.32 Å². The lowest BCUT2D eigenvalue weighted by Crippen LogP contribution is -2.38. The van der Waals surface area contributed by atoms with Gasteiger partial charge in [0.1, 0.15) is 6.04 Å². The summed E-state index contributed by atoms with van der Waals surface area (Å²) in [6.07, 6.45) is 1.10. The molecule has 0 bridgehead atoms. The van der Waals surface area contributed by atoms with Crippen LogP contribution in [0.4, 0.5) is 5.69 Å². The predicted molar refractivity (Wildman–Crippen MR) is 101 cm³/mol. The highest BCUT2D eigenvalue weighted by Gasteiger charge is 2.31. The summed E-state index contributed by atoms with van der Waals surface area (Å²) in [5.41, 5.74) is 4.34. The molecule has 2 rings (SSSR count). The van der Waals surface area contributed by atoms with Crippen molar-refractivity contribution in [1.29, 1.82) is 0 Å². The highest BCUT2D eigenvalue weighted by Crippen LogP contribution is 2.27. The second-order valence-electron chi connectivity index (χ2n) is 6.36. The van der Waals surface area contributed by atoms with Crippen LogP contribution in [0.5, 0.6) is 0 Å². The summed E-state index contributed by atoms with van der Waals surface area (Å²) in [5.74, 6) is -0.380. The molecule has 25 heavy (non-hydrogen) atoms. The molecule has 5 nitrogen and oxygen atoms in total. The average Bonchev–Trinajstić information content (AvgIpc) is 2.51. The fourth-order valence-corrected chi connectivity index (χ4v) is 3.52. The van der Waals surface area contributed by atoms with Crippen LogP contribution in [-0.2, 0) is 14.8 Å². The maximum Gasteiger partial charge on any atom is 0.247 e. The van der Waals surface area contributed by atoms with Gasteiger partial charge in [0, 0.05) is 12.7 Å². The molecule has 1 N–H and O–H groups in total. The first kappa shape index (κ1) is 19.1. The van der Waals surface area contributed by atoms with Gasteiger partial charge in [0.05, 0.1) is 6.26 Å². The van der Waals surface area contributed by atoms with Crippen molar-refractivity contribution in [3.8, 4) is 0 Å². The molecule has 0 aliphatic heterocycles. The van der Waals surface area contributed by atoms with E-state index in [4.69, 9.17) is 0 Å². The van der Waals surface area contributed by atoms with Crippen molar-refractivity contribution in [3.05, 3.63) is 64.7 Å². The number of hydrogen-bond donors (Lipinski definition) is 1. The number of anilines is 1. The van der Waals surface area contributed by atoms with Gasteiger partial charge in [-0.05, 0) is 37.5 Å². The number of benzene rings is 2. The van der Waals surface area contributed by atoms with Gasteiger partial charge < -0.3 is 5.32 Å². The van der Waals surface area contributed by atoms with Crippen molar-refractivity contribution in [3.63, 3.8) is 0 Å². The van der Waals surface area contributed by atoms with Gasteiger partial charge in [-0.25, -0.2) is 8.42 Å². The number of rotatable bonds is 5. The van der Waals surface area contributed by atoms with Gasteiger partial charge >= 0.3 is 0 Å². The number of carbonyl (C=O) groups is 1. The average molecular weight is 360 g/mol. The molecule has 1 atom stereocenters. The van der Waals surface area contributed by atoms with Gasteiger partial charge in [0.25, 0.3) is 0 Å². The lowest BCUT2D eigenvalue weighted by Gasteiger charge is -2.26. The van der Waals surface area contributed by atoms with Crippen LogP contribution >= 0.6 is 0 Å². The van der Waals surface area contributed by atoms with Gasteiger partial charge in [0.15, 0.2) is 0 Å². The molecule has 0 saturated heterocycles. The van der Waals surface area contributed by atoms with Gasteiger partial charge in [-0.3, -0.25) is 4.79 Å². The zero-order valence-electron chi connectivity index (χ0n) is 15.2. The van der Waals surface area contributed by atoms with Crippen molar-refractivity contribution in [2.24, 2.45) is 0 Å². The predicted octanol–water partition coefficient (Wildman–Crippen LogP) is 3.18.